The van der Waals surface area contributed by atoms with Gasteiger partial charge in [0.15, 0.2) is 0 Å². The van der Waals surface area contributed by atoms with E-state index in [1.807, 2.05) is 0 Å². The number of hydrogen-bond donors (Lipinski definition) is 0. The second kappa shape index (κ2) is 3.10. The van der Waals surface area contributed by atoms with E-state index in [-0.39, 0.29) is 0 Å². The van der Waals surface area contributed by atoms with Gasteiger partial charge in [-0.25, -0.2) is 0 Å². The van der Waals surface area contributed by atoms with Crippen molar-refractivity contribution in [2.45, 2.75) is 20.8 Å². The van der Waals surface area contributed by atoms with E-state index in [0.29, 0.717) is 0 Å². The Hall–Kier alpha value is -0.340. The molecule has 0 atom stereocenters. The summed E-state index contributed by atoms with van der Waals surface area (Å²) in [5.41, 5.74) is 4.12. The third-order valence-electron chi connectivity index (χ3n) is 2.69. The lowest BCUT2D eigenvalue weighted by Gasteiger charge is -2.08. The lowest BCUT2D eigenvalue weighted by molar-refractivity contribution is 1.32. The highest BCUT2D eigenvalue weighted by Gasteiger charge is 2.09. The van der Waals surface area contributed by atoms with E-state index in [9.17, 15) is 0 Å². The number of hydrogen-bond acceptors (Lipinski definition) is 1. The van der Waals surface area contributed by atoms with Crippen LogP contribution in [0.5, 0.6) is 0 Å². The Kier molecular flexibility index (Phi) is 2.20. The predicted molar refractivity (Wildman–Crippen MR) is 63.7 cm³/mol. The molecule has 0 aliphatic heterocycles. The molecule has 1 aromatic heterocycles. The Bertz CT molecular complexity index is 426. The van der Waals surface area contributed by atoms with Crippen molar-refractivity contribution in [3.63, 3.8) is 0 Å². The molecule has 0 unspecified atom stereocenters. The van der Waals surface area contributed by atoms with E-state index in [1.165, 1.54) is 31.9 Å². The summed E-state index contributed by atoms with van der Waals surface area (Å²) < 4.78 is 1.26. The zero-order valence-corrected chi connectivity index (χ0v) is 10.3. The molecule has 0 aliphatic carbocycles. The molecule has 0 bridgehead atoms. The van der Waals surface area contributed by atoms with E-state index in [0.717, 1.165) is 0 Å². The van der Waals surface area contributed by atoms with Crippen LogP contribution in [0.25, 0.3) is 10.8 Å². The van der Waals surface area contributed by atoms with Gasteiger partial charge in [-0.05, 0) is 59.0 Å². The van der Waals surface area contributed by atoms with Gasteiger partial charge in [0.1, 0.15) is 0 Å². The first-order valence-corrected chi connectivity index (χ1v) is 5.97. The van der Waals surface area contributed by atoms with Crippen LogP contribution in [0.3, 0.4) is 0 Å². The first-order valence-electron chi connectivity index (χ1n) is 4.24. The third-order valence-corrected chi connectivity index (χ3v) is 4.62. The summed E-state index contributed by atoms with van der Waals surface area (Å²) in [6, 6.07) is 0. The fourth-order valence-electron chi connectivity index (χ4n) is 1.64. The van der Waals surface area contributed by atoms with E-state index >= 15 is 0 Å². The van der Waals surface area contributed by atoms with Gasteiger partial charge in [-0.2, -0.15) is 11.3 Å². The average molecular weight is 255 g/mol. The minimum Gasteiger partial charge on any atom is -0.151 e. The van der Waals surface area contributed by atoms with Gasteiger partial charge in [0.25, 0.3) is 0 Å². The van der Waals surface area contributed by atoms with Crippen molar-refractivity contribution in [1.82, 2.24) is 0 Å². The molecule has 0 saturated carbocycles. The molecule has 0 aliphatic rings. The summed E-state index contributed by atoms with van der Waals surface area (Å²) in [6.07, 6.45) is 0. The Morgan fingerprint density at radius 3 is 2.08 bits per heavy atom. The summed E-state index contributed by atoms with van der Waals surface area (Å²) in [4.78, 5) is 0. The minimum absolute atomic E-state index is 1.26. The van der Waals surface area contributed by atoms with Crippen LogP contribution in [-0.4, -0.2) is 0 Å². The summed E-state index contributed by atoms with van der Waals surface area (Å²) >= 11 is 5.42. The van der Waals surface area contributed by atoms with Crippen LogP contribution in [0.1, 0.15) is 16.7 Å². The van der Waals surface area contributed by atoms with Gasteiger partial charge in [-0.3, -0.25) is 0 Å². The second-order valence-electron chi connectivity index (χ2n) is 3.39. The number of fused-ring (bicyclic) bond motifs is 1. The number of halogens is 1. The standard InChI is InChI=1S/C11H11BrS/c1-6-7(2)11(12)8(3)10-5-13-4-9(6)10/h4-5H,1-3H3. The van der Waals surface area contributed by atoms with Gasteiger partial charge in [0, 0.05) is 4.47 Å². The zero-order valence-electron chi connectivity index (χ0n) is 7.94. The van der Waals surface area contributed by atoms with Gasteiger partial charge in [-0.15, -0.1) is 0 Å². The monoisotopic (exact) mass is 254 g/mol. The summed E-state index contributed by atoms with van der Waals surface area (Å²) in [7, 11) is 0. The Morgan fingerprint density at radius 1 is 0.923 bits per heavy atom. The molecule has 13 heavy (non-hydrogen) atoms. The maximum atomic E-state index is 3.64. The third kappa shape index (κ3) is 1.24. The molecule has 0 saturated heterocycles. The van der Waals surface area contributed by atoms with E-state index in [4.69, 9.17) is 0 Å². The Balaban J connectivity index is 3.02. The first-order chi connectivity index (χ1) is 6.13. The van der Waals surface area contributed by atoms with Gasteiger partial charge >= 0.3 is 0 Å². The molecule has 0 amide bonds. The fraction of sp³-hybridized carbons (Fsp3) is 0.273. The quantitative estimate of drug-likeness (QED) is 0.645. The predicted octanol–water partition coefficient (Wildman–Crippen LogP) is 4.59. The van der Waals surface area contributed by atoms with E-state index in [1.54, 1.807) is 11.3 Å². The van der Waals surface area contributed by atoms with Crippen LogP contribution >= 0.6 is 27.3 Å². The zero-order chi connectivity index (χ0) is 9.59. The molecular weight excluding hydrogens is 244 g/mol. The summed E-state index contributed by atoms with van der Waals surface area (Å²) in [5, 5.41) is 7.25. The molecule has 0 spiro atoms. The van der Waals surface area contributed by atoms with Crippen molar-refractivity contribution < 1.29 is 0 Å². The molecule has 2 heteroatoms. The normalized spacial score (nSPS) is 11.1. The van der Waals surface area contributed by atoms with Crippen molar-refractivity contribution in [1.29, 1.82) is 0 Å². The maximum Gasteiger partial charge on any atom is 0.0243 e. The Labute approximate surface area is 90.7 Å². The van der Waals surface area contributed by atoms with Crippen LogP contribution < -0.4 is 0 Å². The molecule has 0 radical (unpaired) electrons. The van der Waals surface area contributed by atoms with Crippen molar-refractivity contribution in [3.05, 3.63) is 31.9 Å². The first kappa shape index (κ1) is 9.22. The largest absolute Gasteiger partial charge is 0.151 e. The van der Waals surface area contributed by atoms with Crippen molar-refractivity contribution >= 4 is 38.0 Å². The molecule has 1 heterocycles. The SMILES string of the molecule is Cc1c(Br)c(C)c2cscc2c1C. The highest BCUT2D eigenvalue weighted by Crippen LogP contribution is 2.34. The molecule has 68 valence electrons. The van der Waals surface area contributed by atoms with Gasteiger partial charge in [-0.1, -0.05) is 15.9 Å². The molecular formula is C11H11BrS. The number of rotatable bonds is 0. The van der Waals surface area contributed by atoms with Crippen molar-refractivity contribution in [2.75, 3.05) is 0 Å². The van der Waals surface area contributed by atoms with Crippen LogP contribution in [0, 0.1) is 20.8 Å². The van der Waals surface area contributed by atoms with Crippen molar-refractivity contribution in [3.8, 4) is 0 Å². The molecule has 1 aromatic carbocycles. The van der Waals surface area contributed by atoms with Gasteiger partial charge in [0.05, 0.1) is 0 Å². The molecule has 0 fully saturated rings. The lowest BCUT2D eigenvalue weighted by atomic mass is 10.0. The van der Waals surface area contributed by atoms with Crippen LogP contribution in [-0.2, 0) is 0 Å². The summed E-state index contributed by atoms with van der Waals surface area (Å²) in [6.45, 7) is 6.53. The number of thiophene rings is 1. The fourth-order valence-corrected chi connectivity index (χ4v) is 3.10. The van der Waals surface area contributed by atoms with Gasteiger partial charge < -0.3 is 0 Å². The number of benzene rings is 1. The minimum atomic E-state index is 1.26. The second-order valence-corrected chi connectivity index (χ2v) is 4.92. The molecule has 2 rings (SSSR count). The van der Waals surface area contributed by atoms with E-state index in [2.05, 4.69) is 47.5 Å². The average Bonchev–Trinajstić information content (AvgIpc) is 2.59. The molecule has 0 N–H and O–H groups in total. The van der Waals surface area contributed by atoms with Crippen LogP contribution in [0.2, 0.25) is 0 Å². The molecule has 0 nitrogen and oxygen atoms in total. The topological polar surface area (TPSA) is 0 Å². The smallest absolute Gasteiger partial charge is 0.0243 e. The van der Waals surface area contributed by atoms with Crippen LogP contribution in [0.4, 0.5) is 0 Å². The maximum absolute atomic E-state index is 3.64. The van der Waals surface area contributed by atoms with E-state index < -0.39 is 0 Å². The Morgan fingerprint density at radius 2 is 1.46 bits per heavy atom. The lowest BCUT2D eigenvalue weighted by Crippen LogP contribution is -1.87. The summed E-state index contributed by atoms with van der Waals surface area (Å²) in [5.74, 6) is 0. The highest BCUT2D eigenvalue weighted by molar-refractivity contribution is 9.10. The molecule has 2 aromatic rings. The van der Waals surface area contributed by atoms with Crippen molar-refractivity contribution in [2.24, 2.45) is 0 Å². The van der Waals surface area contributed by atoms with Gasteiger partial charge in [0.2, 0.25) is 0 Å². The van der Waals surface area contributed by atoms with Crippen LogP contribution in [0.15, 0.2) is 15.2 Å². The highest BCUT2D eigenvalue weighted by atomic mass is 79.9. The number of aryl methyl sites for hydroxylation is 2.